The summed E-state index contributed by atoms with van der Waals surface area (Å²) in [5, 5.41) is 2.09. The lowest BCUT2D eigenvalue weighted by Crippen LogP contribution is -2.01. The van der Waals surface area contributed by atoms with Crippen LogP contribution in [-0.4, -0.2) is 11.1 Å². The third kappa shape index (κ3) is 1.31. The third-order valence-electron chi connectivity index (χ3n) is 1.97. The van der Waals surface area contributed by atoms with E-state index in [1.54, 1.807) is 0 Å². The Kier molecular flexibility index (Phi) is 1.71. The predicted octanol–water partition coefficient (Wildman–Crippen LogP) is 1.66. The Morgan fingerprint density at radius 3 is 2.60 bits per heavy atom. The first-order valence-electron chi connectivity index (χ1n) is 3.19. The minimum atomic E-state index is -0.111. The molecule has 3 heteroatoms. The molecule has 1 unspecified atom stereocenters. The molecule has 0 saturated heterocycles. The Morgan fingerprint density at radius 1 is 1.80 bits per heavy atom. The van der Waals surface area contributed by atoms with E-state index in [0.717, 1.165) is 6.42 Å². The minimum absolute atomic E-state index is 0.1000. The number of thiocarbonyl (C=S) groups is 1. The van der Waals surface area contributed by atoms with E-state index in [-0.39, 0.29) is 17.2 Å². The number of amides is 1. The second kappa shape index (κ2) is 2.26. The number of aliphatic imine (C=N–C) groups is 1. The summed E-state index contributed by atoms with van der Waals surface area (Å²) in [7, 11) is 0. The second-order valence-corrected chi connectivity index (χ2v) is 3.47. The van der Waals surface area contributed by atoms with Gasteiger partial charge >= 0.3 is 0 Å². The molecular formula is C7H9NOS. The zero-order chi connectivity index (χ0) is 7.78. The Balaban J connectivity index is 2.56. The third-order valence-corrected chi connectivity index (χ3v) is 2.06. The highest BCUT2D eigenvalue weighted by molar-refractivity contribution is 7.78. The van der Waals surface area contributed by atoms with Crippen LogP contribution in [0.4, 0.5) is 0 Å². The number of isothiocyanates is 1. The van der Waals surface area contributed by atoms with Crippen LogP contribution in [0.2, 0.25) is 0 Å². The molecule has 1 aliphatic carbocycles. The van der Waals surface area contributed by atoms with E-state index in [2.05, 4.69) is 36.2 Å². The molecule has 0 aromatic rings. The standard InChI is InChI=1S/C7H9NOS/c1-7(2)3-5(7)6(9)8-4-10/h5H,3H2,1-2H3. The molecule has 2 nitrogen and oxygen atoms in total. The molecule has 1 aliphatic rings. The molecule has 1 rings (SSSR count). The maximum absolute atomic E-state index is 10.9. The van der Waals surface area contributed by atoms with Gasteiger partial charge in [0.15, 0.2) is 0 Å². The van der Waals surface area contributed by atoms with Gasteiger partial charge in [0.1, 0.15) is 0 Å². The Labute approximate surface area is 65.3 Å². The summed E-state index contributed by atoms with van der Waals surface area (Å²) < 4.78 is 0. The summed E-state index contributed by atoms with van der Waals surface area (Å²) in [4.78, 5) is 14.3. The van der Waals surface area contributed by atoms with Crippen LogP contribution in [-0.2, 0) is 4.79 Å². The van der Waals surface area contributed by atoms with Crippen LogP contribution in [0.5, 0.6) is 0 Å². The summed E-state index contributed by atoms with van der Waals surface area (Å²) in [6.07, 6.45) is 0.937. The van der Waals surface area contributed by atoms with Crippen molar-refractivity contribution in [2.45, 2.75) is 20.3 Å². The minimum Gasteiger partial charge on any atom is -0.272 e. The fourth-order valence-corrected chi connectivity index (χ4v) is 1.10. The predicted molar refractivity (Wildman–Crippen MR) is 41.9 cm³/mol. The van der Waals surface area contributed by atoms with Gasteiger partial charge in [-0.25, -0.2) is 0 Å². The molecule has 0 radical (unpaired) electrons. The first kappa shape index (κ1) is 7.58. The van der Waals surface area contributed by atoms with Gasteiger partial charge in [-0.3, -0.25) is 4.79 Å². The van der Waals surface area contributed by atoms with Gasteiger partial charge in [-0.15, -0.1) is 0 Å². The molecule has 0 aromatic carbocycles. The smallest absolute Gasteiger partial charge is 0.258 e. The van der Waals surface area contributed by atoms with Gasteiger partial charge in [-0.2, -0.15) is 4.99 Å². The number of hydrogen-bond acceptors (Lipinski definition) is 2. The molecule has 54 valence electrons. The van der Waals surface area contributed by atoms with Gasteiger partial charge < -0.3 is 0 Å². The number of nitrogens with zero attached hydrogens (tertiary/aromatic N) is 1. The van der Waals surface area contributed by atoms with E-state index in [9.17, 15) is 4.79 Å². The Hall–Kier alpha value is -0.530. The number of rotatable bonds is 1. The number of carbonyl (C=O) groups excluding carboxylic acids is 1. The quantitative estimate of drug-likeness (QED) is 0.425. The normalized spacial score (nSPS) is 26.8. The SMILES string of the molecule is CC1(C)CC1C(=O)N=C=S. The molecular weight excluding hydrogens is 146 g/mol. The van der Waals surface area contributed by atoms with Crippen LogP contribution in [0.3, 0.4) is 0 Å². The van der Waals surface area contributed by atoms with Gasteiger partial charge in [-0.1, -0.05) is 13.8 Å². The summed E-state index contributed by atoms with van der Waals surface area (Å²) in [5.41, 5.74) is 0.159. The molecule has 1 amide bonds. The van der Waals surface area contributed by atoms with Crippen LogP contribution in [0.1, 0.15) is 20.3 Å². The van der Waals surface area contributed by atoms with Gasteiger partial charge in [0.05, 0.1) is 5.16 Å². The molecule has 10 heavy (non-hydrogen) atoms. The van der Waals surface area contributed by atoms with E-state index in [1.807, 2.05) is 0 Å². The fourth-order valence-electron chi connectivity index (χ4n) is 1.01. The molecule has 0 aliphatic heterocycles. The number of hydrogen-bond donors (Lipinski definition) is 0. The van der Waals surface area contributed by atoms with Crippen LogP contribution in [0.25, 0.3) is 0 Å². The van der Waals surface area contributed by atoms with E-state index in [0.29, 0.717) is 0 Å². The summed E-state index contributed by atoms with van der Waals surface area (Å²) in [6, 6.07) is 0. The van der Waals surface area contributed by atoms with Crippen LogP contribution in [0.15, 0.2) is 4.99 Å². The molecule has 1 atom stereocenters. The first-order valence-corrected chi connectivity index (χ1v) is 3.60. The van der Waals surface area contributed by atoms with Crippen molar-refractivity contribution in [1.29, 1.82) is 0 Å². The second-order valence-electron chi connectivity index (χ2n) is 3.29. The van der Waals surface area contributed by atoms with Crippen LogP contribution < -0.4 is 0 Å². The lowest BCUT2D eigenvalue weighted by molar-refractivity contribution is -0.119. The fraction of sp³-hybridized carbons (Fsp3) is 0.714. The van der Waals surface area contributed by atoms with Crippen LogP contribution in [0, 0.1) is 11.3 Å². The summed E-state index contributed by atoms with van der Waals surface area (Å²) >= 11 is 4.31. The van der Waals surface area contributed by atoms with Gasteiger partial charge in [0, 0.05) is 5.92 Å². The highest BCUT2D eigenvalue weighted by Crippen LogP contribution is 2.52. The van der Waals surface area contributed by atoms with Crippen molar-refractivity contribution in [1.82, 2.24) is 0 Å². The maximum Gasteiger partial charge on any atom is 0.258 e. The topological polar surface area (TPSA) is 29.4 Å². The molecule has 0 aromatic heterocycles. The van der Waals surface area contributed by atoms with E-state index < -0.39 is 0 Å². The first-order chi connectivity index (χ1) is 4.58. The zero-order valence-electron chi connectivity index (χ0n) is 6.05. The summed E-state index contributed by atoms with van der Waals surface area (Å²) in [6.45, 7) is 4.10. The Bertz CT molecular complexity index is 216. The summed E-state index contributed by atoms with van der Waals surface area (Å²) in [5.74, 6) is -0.0112. The average Bonchev–Trinajstić information content (AvgIpc) is 2.41. The Morgan fingerprint density at radius 2 is 2.30 bits per heavy atom. The molecule has 0 N–H and O–H groups in total. The van der Waals surface area contributed by atoms with Crippen molar-refractivity contribution < 1.29 is 4.79 Å². The van der Waals surface area contributed by atoms with Crippen molar-refractivity contribution in [2.75, 3.05) is 0 Å². The van der Waals surface area contributed by atoms with Gasteiger partial charge in [0.25, 0.3) is 5.91 Å². The van der Waals surface area contributed by atoms with Crippen molar-refractivity contribution in [3.8, 4) is 0 Å². The number of carbonyl (C=O) groups is 1. The van der Waals surface area contributed by atoms with Crippen LogP contribution >= 0.6 is 12.2 Å². The van der Waals surface area contributed by atoms with Crippen molar-refractivity contribution in [3.63, 3.8) is 0 Å². The van der Waals surface area contributed by atoms with E-state index in [1.165, 1.54) is 0 Å². The van der Waals surface area contributed by atoms with Gasteiger partial charge in [-0.05, 0) is 24.1 Å². The van der Waals surface area contributed by atoms with E-state index >= 15 is 0 Å². The van der Waals surface area contributed by atoms with E-state index in [4.69, 9.17) is 0 Å². The molecule has 0 bridgehead atoms. The molecule has 1 fully saturated rings. The lowest BCUT2D eigenvalue weighted by Gasteiger charge is -1.95. The van der Waals surface area contributed by atoms with Crippen molar-refractivity contribution >= 4 is 23.3 Å². The molecule has 0 heterocycles. The average molecular weight is 155 g/mol. The molecule has 0 spiro atoms. The van der Waals surface area contributed by atoms with Crippen molar-refractivity contribution in [2.24, 2.45) is 16.3 Å². The maximum atomic E-state index is 10.9. The monoisotopic (exact) mass is 155 g/mol. The lowest BCUT2D eigenvalue weighted by atomic mass is 10.1. The largest absolute Gasteiger partial charge is 0.272 e. The zero-order valence-corrected chi connectivity index (χ0v) is 6.86. The molecule has 1 saturated carbocycles. The highest BCUT2D eigenvalue weighted by Gasteiger charge is 2.50. The highest BCUT2D eigenvalue weighted by atomic mass is 32.1. The van der Waals surface area contributed by atoms with Crippen molar-refractivity contribution in [3.05, 3.63) is 0 Å². The van der Waals surface area contributed by atoms with Gasteiger partial charge in [0.2, 0.25) is 0 Å².